The molecule has 0 fully saturated rings. The van der Waals surface area contributed by atoms with Gasteiger partial charge in [0.25, 0.3) is 0 Å². The quantitative estimate of drug-likeness (QED) is 0.523. The highest BCUT2D eigenvalue weighted by Crippen LogP contribution is 2.40. The summed E-state index contributed by atoms with van der Waals surface area (Å²) in [5.41, 5.74) is 1.89. The van der Waals surface area contributed by atoms with Crippen LogP contribution >= 0.6 is 11.3 Å². The highest BCUT2D eigenvalue weighted by molar-refractivity contribution is 7.19. The van der Waals surface area contributed by atoms with E-state index in [2.05, 4.69) is 27.2 Å². The minimum absolute atomic E-state index is 0.264. The van der Waals surface area contributed by atoms with Crippen LogP contribution in [-0.4, -0.2) is 19.5 Å². The number of aromatic nitrogens is 4. The van der Waals surface area contributed by atoms with E-state index in [0.717, 1.165) is 34.7 Å². The first-order chi connectivity index (χ1) is 14.1. The van der Waals surface area contributed by atoms with E-state index in [4.69, 9.17) is 0 Å². The molecule has 0 amide bonds. The summed E-state index contributed by atoms with van der Waals surface area (Å²) in [5.74, 6) is 1.91. The summed E-state index contributed by atoms with van der Waals surface area (Å²) in [4.78, 5) is 16.0. The molecule has 7 heteroatoms. The van der Waals surface area contributed by atoms with E-state index >= 15 is 0 Å². The number of hydrogen-bond donors (Lipinski definition) is 1. The lowest BCUT2D eigenvalue weighted by Crippen LogP contribution is -2.19. The first kappa shape index (κ1) is 18.2. The molecule has 2 atom stereocenters. The Hall–Kier alpha value is -2.80. The number of nitrogens with one attached hydrogen (secondary N) is 1. The van der Waals surface area contributed by atoms with Gasteiger partial charge in [-0.3, -0.25) is 0 Å². The van der Waals surface area contributed by atoms with Gasteiger partial charge in [0.1, 0.15) is 34.7 Å². The number of aryl methyl sites for hydroxylation is 2. The Morgan fingerprint density at radius 2 is 2.10 bits per heavy atom. The highest BCUT2D eigenvalue weighted by atomic mass is 32.1. The van der Waals surface area contributed by atoms with E-state index in [-0.39, 0.29) is 5.82 Å². The molecule has 1 aliphatic rings. The Bertz CT molecular complexity index is 1180. The van der Waals surface area contributed by atoms with E-state index in [9.17, 15) is 4.39 Å². The molecule has 1 aliphatic carbocycles. The van der Waals surface area contributed by atoms with Crippen LogP contribution in [-0.2, 0) is 19.9 Å². The smallest absolute Gasteiger partial charge is 0.139 e. The third-order valence-corrected chi connectivity index (χ3v) is 6.87. The molecule has 5 nitrogen and oxygen atoms in total. The molecule has 3 aromatic heterocycles. The van der Waals surface area contributed by atoms with Gasteiger partial charge in [-0.1, -0.05) is 25.1 Å². The van der Waals surface area contributed by atoms with Crippen LogP contribution in [0.1, 0.15) is 41.2 Å². The summed E-state index contributed by atoms with van der Waals surface area (Å²) in [6.45, 7) is 2.30. The second-order valence-corrected chi connectivity index (χ2v) is 8.83. The van der Waals surface area contributed by atoms with E-state index < -0.39 is 6.04 Å². The van der Waals surface area contributed by atoms with Crippen molar-refractivity contribution in [1.82, 2.24) is 19.5 Å². The first-order valence-corrected chi connectivity index (χ1v) is 10.7. The number of thiophene rings is 1. The van der Waals surface area contributed by atoms with Gasteiger partial charge in [0.15, 0.2) is 0 Å². The molecule has 0 radical (unpaired) electrons. The van der Waals surface area contributed by atoms with Gasteiger partial charge in [-0.05, 0) is 36.8 Å². The van der Waals surface area contributed by atoms with E-state index in [1.54, 1.807) is 36.0 Å². The molecule has 4 aromatic rings. The molecule has 1 aromatic carbocycles. The Kier molecular flexibility index (Phi) is 4.54. The second kappa shape index (κ2) is 7.22. The predicted molar refractivity (Wildman–Crippen MR) is 114 cm³/mol. The number of halogens is 1. The fraction of sp³-hybridized carbons (Fsp3) is 0.318. The first-order valence-electron chi connectivity index (χ1n) is 9.85. The average molecular weight is 408 g/mol. The van der Waals surface area contributed by atoms with Crippen LogP contribution in [0.2, 0.25) is 0 Å². The maximum atomic E-state index is 14.7. The molecule has 1 N–H and O–H groups in total. The van der Waals surface area contributed by atoms with Gasteiger partial charge in [0, 0.05) is 29.9 Å². The van der Waals surface area contributed by atoms with Gasteiger partial charge in [0.2, 0.25) is 0 Å². The zero-order chi connectivity index (χ0) is 20.0. The largest absolute Gasteiger partial charge is 0.355 e. The van der Waals surface area contributed by atoms with Crippen LogP contribution < -0.4 is 5.32 Å². The number of fused-ring (bicyclic) bond motifs is 3. The van der Waals surface area contributed by atoms with Gasteiger partial charge < -0.3 is 9.88 Å². The molecule has 5 rings (SSSR count). The molecule has 0 saturated heterocycles. The Balaban J connectivity index is 1.64. The highest BCUT2D eigenvalue weighted by Gasteiger charge is 2.26. The predicted octanol–water partition coefficient (Wildman–Crippen LogP) is 4.89. The lowest BCUT2D eigenvalue weighted by molar-refractivity contribution is 0.509. The maximum Gasteiger partial charge on any atom is 0.139 e. The maximum absolute atomic E-state index is 14.7. The van der Waals surface area contributed by atoms with Crippen molar-refractivity contribution in [2.45, 2.75) is 32.2 Å². The molecular formula is C22H22FN5S. The minimum atomic E-state index is -0.452. The molecule has 0 spiro atoms. The normalized spacial score (nSPS) is 17.3. The number of anilines is 1. The van der Waals surface area contributed by atoms with Crippen LogP contribution in [0.4, 0.5) is 10.2 Å². The zero-order valence-electron chi connectivity index (χ0n) is 16.4. The molecule has 0 bridgehead atoms. The molecule has 148 valence electrons. The Morgan fingerprint density at radius 3 is 2.90 bits per heavy atom. The van der Waals surface area contributed by atoms with Gasteiger partial charge in [-0.2, -0.15) is 0 Å². The number of hydrogen-bond acceptors (Lipinski definition) is 5. The summed E-state index contributed by atoms with van der Waals surface area (Å²) >= 11 is 1.76. The monoisotopic (exact) mass is 407 g/mol. The van der Waals surface area contributed by atoms with E-state index in [1.807, 2.05) is 23.9 Å². The van der Waals surface area contributed by atoms with Gasteiger partial charge in [-0.15, -0.1) is 11.3 Å². The lowest BCUT2D eigenvalue weighted by Gasteiger charge is -2.22. The number of nitrogens with zero attached hydrogens (tertiary/aromatic N) is 4. The van der Waals surface area contributed by atoms with E-state index in [1.165, 1.54) is 22.9 Å². The summed E-state index contributed by atoms with van der Waals surface area (Å²) in [5, 5.41) is 4.58. The molecule has 0 saturated carbocycles. The molecular weight excluding hydrogens is 385 g/mol. The fourth-order valence-electron chi connectivity index (χ4n) is 4.17. The SMILES string of the molecule is CC1CCc2c(sc3ncnc(NC(c4ccccc4F)c4nccn4C)c23)C1. The number of imidazole rings is 1. The second-order valence-electron chi connectivity index (χ2n) is 7.75. The summed E-state index contributed by atoms with van der Waals surface area (Å²) < 4.78 is 16.6. The summed E-state index contributed by atoms with van der Waals surface area (Å²) in [6.07, 6.45) is 8.48. The molecule has 3 heterocycles. The summed E-state index contributed by atoms with van der Waals surface area (Å²) in [6, 6.07) is 6.38. The van der Waals surface area contributed by atoms with Crippen molar-refractivity contribution < 1.29 is 4.39 Å². The Morgan fingerprint density at radius 1 is 1.24 bits per heavy atom. The Labute approximate surface area is 172 Å². The third-order valence-electron chi connectivity index (χ3n) is 5.71. The van der Waals surface area contributed by atoms with Crippen LogP contribution in [0.25, 0.3) is 10.2 Å². The standard InChI is InChI=1S/C22H22FN5S/c1-13-7-8-15-17(11-13)29-22-18(15)20(25-12-26-22)27-19(21-24-9-10-28(21)2)14-5-3-4-6-16(14)23/h3-6,9-10,12-13,19H,7-8,11H2,1-2H3,(H,25,26,27). The summed E-state index contributed by atoms with van der Waals surface area (Å²) in [7, 11) is 1.92. The van der Waals surface area contributed by atoms with Gasteiger partial charge in [-0.25, -0.2) is 19.3 Å². The molecule has 2 unspecified atom stereocenters. The lowest BCUT2D eigenvalue weighted by atomic mass is 9.89. The third kappa shape index (κ3) is 3.19. The van der Waals surface area contributed by atoms with Crippen molar-refractivity contribution in [2.24, 2.45) is 13.0 Å². The molecule has 29 heavy (non-hydrogen) atoms. The van der Waals surface area contributed by atoms with Crippen LogP contribution in [0.15, 0.2) is 43.0 Å². The van der Waals surface area contributed by atoms with Crippen molar-refractivity contribution in [3.63, 3.8) is 0 Å². The molecule has 0 aliphatic heterocycles. The number of rotatable bonds is 4. The number of benzene rings is 1. The van der Waals surface area contributed by atoms with Crippen molar-refractivity contribution in [3.8, 4) is 0 Å². The van der Waals surface area contributed by atoms with Crippen LogP contribution in [0, 0.1) is 11.7 Å². The van der Waals surface area contributed by atoms with Crippen LogP contribution in [0.3, 0.4) is 0 Å². The van der Waals surface area contributed by atoms with Crippen molar-refractivity contribution >= 4 is 27.4 Å². The van der Waals surface area contributed by atoms with Crippen LogP contribution in [0.5, 0.6) is 0 Å². The average Bonchev–Trinajstić information content (AvgIpc) is 3.29. The van der Waals surface area contributed by atoms with Gasteiger partial charge >= 0.3 is 0 Å². The van der Waals surface area contributed by atoms with Crippen molar-refractivity contribution in [2.75, 3.05) is 5.32 Å². The zero-order valence-corrected chi connectivity index (χ0v) is 17.2. The van der Waals surface area contributed by atoms with Crippen molar-refractivity contribution in [3.05, 3.63) is 70.6 Å². The van der Waals surface area contributed by atoms with Gasteiger partial charge in [0.05, 0.1) is 5.39 Å². The topological polar surface area (TPSA) is 55.6 Å². The van der Waals surface area contributed by atoms with Crippen molar-refractivity contribution in [1.29, 1.82) is 0 Å². The fourth-order valence-corrected chi connectivity index (χ4v) is 5.52. The minimum Gasteiger partial charge on any atom is -0.355 e. The van der Waals surface area contributed by atoms with E-state index in [0.29, 0.717) is 11.5 Å².